The minimum absolute atomic E-state index is 0.0612. The summed E-state index contributed by atoms with van der Waals surface area (Å²) in [5.41, 5.74) is 2.28. The number of aromatic nitrogens is 3. The Kier molecular flexibility index (Phi) is 4.89. The summed E-state index contributed by atoms with van der Waals surface area (Å²) in [6, 6.07) is 9.14. The van der Waals surface area contributed by atoms with Crippen molar-refractivity contribution in [1.82, 2.24) is 19.4 Å². The van der Waals surface area contributed by atoms with Gasteiger partial charge in [0, 0.05) is 32.3 Å². The minimum Gasteiger partial charge on any atom is -0.406 e. The lowest BCUT2D eigenvalue weighted by Gasteiger charge is -2.17. The maximum absolute atomic E-state index is 12.6. The van der Waals surface area contributed by atoms with Gasteiger partial charge in [-0.25, -0.2) is 9.97 Å². The molecule has 29 heavy (non-hydrogen) atoms. The average molecular weight is 404 g/mol. The van der Waals surface area contributed by atoms with Crippen molar-refractivity contribution in [2.24, 2.45) is 7.05 Å². The molecule has 1 aromatic carbocycles. The van der Waals surface area contributed by atoms with Crippen LogP contribution in [-0.2, 0) is 18.3 Å². The van der Waals surface area contributed by atoms with Gasteiger partial charge in [-0.3, -0.25) is 4.79 Å². The molecule has 0 N–H and O–H groups in total. The zero-order valence-corrected chi connectivity index (χ0v) is 15.7. The molecule has 0 aliphatic carbocycles. The van der Waals surface area contributed by atoms with Gasteiger partial charge in [-0.2, -0.15) is 0 Å². The van der Waals surface area contributed by atoms with Crippen molar-refractivity contribution >= 4 is 17.1 Å². The van der Waals surface area contributed by atoms with Gasteiger partial charge in [0.2, 0.25) is 5.91 Å². The van der Waals surface area contributed by atoms with Crippen LogP contribution in [0.15, 0.2) is 42.6 Å². The molecule has 1 saturated heterocycles. The second-order valence-electron chi connectivity index (χ2n) is 7.07. The second-order valence-corrected chi connectivity index (χ2v) is 7.07. The number of amides is 1. The number of rotatable bonds is 4. The van der Waals surface area contributed by atoms with Crippen LogP contribution in [0.2, 0.25) is 0 Å². The Morgan fingerprint density at radius 3 is 2.69 bits per heavy atom. The smallest absolute Gasteiger partial charge is 0.406 e. The first-order chi connectivity index (χ1) is 13.8. The van der Waals surface area contributed by atoms with Crippen molar-refractivity contribution in [3.05, 3.63) is 54.0 Å². The molecular formula is C20H19F3N4O2. The predicted molar refractivity (Wildman–Crippen MR) is 99.3 cm³/mol. The highest BCUT2D eigenvalue weighted by Gasteiger charge is 2.32. The summed E-state index contributed by atoms with van der Waals surface area (Å²) in [6.45, 7) is 1.18. The van der Waals surface area contributed by atoms with Gasteiger partial charge in [-0.1, -0.05) is 12.1 Å². The zero-order valence-electron chi connectivity index (χ0n) is 15.7. The Balaban J connectivity index is 1.40. The number of alkyl halides is 3. The Morgan fingerprint density at radius 2 is 2.00 bits per heavy atom. The van der Waals surface area contributed by atoms with E-state index < -0.39 is 6.36 Å². The van der Waals surface area contributed by atoms with Crippen molar-refractivity contribution in [3.8, 4) is 5.75 Å². The number of pyridine rings is 1. The molecule has 0 spiro atoms. The number of aryl methyl sites for hydroxylation is 1. The summed E-state index contributed by atoms with van der Waals surface area (Å²) in [6.07, 6.45) is -2.07. The third kappa shape index (κ3) is 4.18. The predicted octanol–water partition coefficient (Wildman–Crippen LogP) is 3.43. The normalized spacial score (nSPS) is 17.1. The highest BCUT2D eigenvalue weighted by molar-refractivity contribution is 5.79. The lowest BCUT2D eigenvalue weighted by Crippen LogP contribution is -2.30. The quantitative estimate of drug-likeness (QED) is 0.669. The minimum atomic E-state index is -4.73. The molecule has 2 aromatic heterocycles. The summed E-state index contributed by atoms with van der Waals surface area (Å²) in [4.78, 5) is 23.4. The fourth-order valence-corrected chi connectivity index (χ4v) is 3.70. The highest BCUT2D eigenvalue weighted by Crippen LogP contribution is 2.29. The Bertz CT molecular complexity index is 1030. The maximum atomic E-state index is 12.6. The number of hydrogen-bond acceptors (Lipinski definition) is 4. The molecule has 0 bridgehead atoms. The summed E-state index contributed by atoms with van der Waals surface area (Å²) in [5.74, 6) is 0.669. The zero-order chi connectivity index (χ0) is 20.6. The Hall–Kier alpha value is -3.10. The van der Waals surface area contributed by atoms with Gasteiger partial charge in [-0.15, -0.1) is 13.2 Å². The number of carbonyl (C=O) groups excluding carboxylic acids is 1. The van der Waals surface area contributed by atoms with E-state index >= 15 is 0 Å². The fraction of sp³-hybridized carbons (Fsp3) is 0.350. The van der Waals surface area contributed by atoms with Crippen LogP contribution in [0.25, 0.3) is 11.2 Å². The molecule has 4 rings (SSSR count). The lowest BCUT2D eigenvalue weighted by atomic mass is 10.1. The largest absolute Gasteiger partial charge is 0.573 e. The number of likely N-dealkylation sites (tertiary alicyclic amines) is 1. The topological polar surface area (TPSA) is 60.2 Å². The first-order valence-electron chi connectivity index (χ1n) is 9.20. The Morgan fingerprint density at radius 1 is 1.24 bits per heavy atom. The van der Waals surface area contributed by atoms with E-state index in [1.54, 1.807) is 11.1 Å². The van der Waals surface area contributed by atoms with Crippen LogP contribution >= 0.6 is 0 Å². The summed E-state index contributed by atoms with van der Waals surface area (Å²) in [5, 5.41) is 0. The monoisotopic (exact) mass is 404 g/mol. The number of carbonyl (C=O) groups is 1. The highest BCUT2D eigenvalue weighted by atomic mass is 19.4. The van der Waals surface area contributed by atoms with Crippen molar-refractivity contribution in [2.45, 2.75) is 25.1 Å². The molecule has 6 nitrogen and oxygen atoms in total. The van der Waals surface area contributed by atoms with E-state index in [0.29, 0.717) is 18.7 Å². The van der Waals surface area contributed by atoms with E-state index in [1.807, 2.05) is 23.7 Å². The Labute approximate surface area is 164 Å². The van der Waals surface area contributed by atoms with Gasteiger partial charge in [0.15, 0.2) is 5.65 Å². The van der Waals surface area contributed by atoms with E-state index in [-0.39, 0.29) is 24.0 Å². The van der Waals surface area contributed by atoms with Crippen LogP contribution in [-0.4, -0.2) is 44.8 Å². The average Bonchev–Trinajstić information content (AvgIpc) is 3.28. The molecule has 1 amide bonds. The summed E-state index contributed by atoms with van der Waals surface area (Å²) in [7, 11) is 1.92. The molecule has 0 radical (unpaired) electrons. The number of ether oxygens (including phenoxy) is 1. The fourth-order valence-electron chi connectivity index (χ4n) is 3.70. The van der Waals surface area contributed by atoms with Crippen LogP contribution in [0, 0.1) is 0 Å². The molecule has 3 aromatic rings. The first-order valence-corrected chi connectivity index (χ1v) is 9.20. The molecule has 0 saturated carbocycles. The molecule has 1 fully saturated rings. The van der Waals surface area contributed by atoms with Crippen LogP contribution in [0.1, 0.15) is 23.7 Å². The SMILES string of the molecule is Cn1c([C@H]2CCN(C(=O)Cc3ccc(OC(F)(F)F)cc3)C2)nc2cccnc21. The van der Waals surface area contributed by atoms with Gasteiger partial charge in [0.1, 0.15) is 17.1 Å². The summed E-state index contributed by atoms with van der Waals surface area (Å²) >= 11 is 0. The van der Waals surface area contributed by atoms with Crippen LogP contribution in [0.4, 0.5) is 13.2 Å². The van der Waals surface area contributed by atoms with E-state index in [1.165, 1.54) is 24.3 Å². The molecule has 1 atom stereocenters. The molecule has 0 unspecified atom stereocenters. The van der Waals surface area contributed by atoms with Crippen molar-refractivity contribution < 1.29 is 22.7 Å². The lowest BCUT2D eigenvalue weighted by molar-refractivity contribution is -0.274. The standard InChI is InChI=1S/C20H19F3N4O2/c1-26-18(25-16-3-2-9-24-19(16)26)14-8-10-27(12-14)17(28)11-13-4-6-15(7-5-13)29-20(21,22)23/h2-7,9,14H,8,10-12H2,1H3/t14-/m0/s1. The van der Waals surface area contributed by atoms with Gasteiger partial charge in [-0.05, 0) is 36.2 Å². The number of nitrogens with zero attached hydrogens (tertiary/aromatic N) is 4. The van der Waals surface area contributed by atoms with Crippen molar-refractivity contribution in [2.75, 3.05) is 13.1 Å². The van der Waals surface area contributed by atoms with E-state index in [2.05, 4.69) is 14.7 Å². The van der Waals surface area contributed by atoms with Crippen molar-refractivity contribution in [3.63, 3.8) is 0 Å². The molecule has 9 heteroatoms. The third-order valence-corrected chi connectivity index (χ3v) is 5.08. The molecule has 1 aliphatic rings. The molecule has 3 heterocycles. The van der Waals surface area contributed by atoms with Crippen LogP contribution in [0.5, 0.6) is 5.75 Å². The number of fused-ring (bicyclic) bond motifs is 1. The number of imidazole rings is 1. The van der Waals surface area contributed by atoms with Gasteiger partial charge < -0.3 is 14.2 Å². The van der Waals surface area contributed by atoms with Gasteiger partial charge >= 0.3 is 6.36 Å². The number of hydrogen-bond donors (Lipinski definition) is 0. The van der Waals surface area contributed by atoms with Crippen LogP contribution < -0.4 is 4.74 Å². The van der Waals surface area contributed by atoms with E-state index in [9.17, 15) is 18.0 Å². The molecule has 1 aliphatic heterocycles. The van der Waals surface area contributed by atoms with E-state index in [0.717, 1.165) is 23.4 Å². The first kappa shape index (κ1) is 19.2. The third-order valence-electron chi connectivity index (χ3n) is 5.08. The number of benzene rings is 1. The van der Waals surface area contributed by atoms with Crippen LogP contribution in [0.3, 0.4) is 0 Å². The van der Waals surface area contributed by atoms with E-state index in [4.69, 9.17) is 0 Å². The maximum Gasteiger partial charge on any atom is 0.573 e. The van der Waals surface area contributed by atoms with Gasteiger partial charge in [0.25, 0.3) is 0 Å². The molecular weight excluding hydrogens is 385 g/mol. The molecule has 152 valence electrons. The van der Waals surface area contributed by atoms with Gasteiger partial charge in [0.05, 0.1) is 6.42 Å². The summed E-state index contributed by atoms with van der Waals surface area (Å²) < 4.78 is 42.5. The second kappa shape index (κ2) is 7.38. The van der Waals surface area contributed by atoms with Crippen molar-refractivity contribution in [1.29, 1.82) is 0 Å². The number of halogens is 3.